The maximum atomic E-state index is 11.8. The lowest BCUT2D eigenvalue weighted by Crippen LogP contribution is -2.23. The predicted octanol–water partition coefficient (Wildman–Crippen LogP) is 0.960. The van der Waals surface area contributed by atoms with Crippen LogP contribution in [-0.2, 0) is 11.8 Å². The van der Waals surface area contributed by atoms with Crippen molar-refractivity contribution in [2.24, 2.45) is 18.7 Å². The van der Waals surface area contributed by atoms with Crippen molar-refractivity contribution in [3.8, 4) is 0 Å². The average molecular weight is 224 g/mol. The predicted molar refractivity (Wildman–Crippen MR) is 64.1 cm³/mol. The van der Waals surface area contributed by atoms with Crippen LogP contribution in [0.1, 0.15) is 24.7 Å². The highest BCUT2D eigenvalue weighted by Crippen LogP contribution is 2.19. The molecule has 1 heterocycles. The van der Waals surface area contributed by atoms with Crippen molar-refractivity contribution >= 4 is 11.6 Å². The number of carbonyl (C=O) groups is 1. The molecule has 0 aliphatic carbocycles. The molecule has 0 spiro atoms. The number of nitrogens with two attached hydrogens (primary N) is 1. The van der Waals surface area contributed by atoms with E-state index in [-0.39, 0.29) is 11.8 Å². The lowest BCUT2D eigenvalue weighted by atomic mass is 10.1. The third kappa shape index (κ3) is 2.61. The Balaban J connectivity index is 2.77. The van der Waals surface area contributed by atoms with Crippen LogP contribution in [0.25, 0.3) is 0 Å². The third-order valence-corrected chi connectivity index (χ3v) is 2.80. The second-order valence-electron chi connectivity index (χ2n) is 4.14. The molecule has 3 N–H and O–H groups in total. The molecule has 16 heavy (non-hydrogen) atoms. The first-order chi connectivity index (χ1) is 7.47. The SMILES string of the molecule is Cc1nn(C)c(C)c1NC(=O)C(C)CCN. The van der Waals surface area contributed by atoms with Gasteiger partial charge in [-0.15, -0.1) is 0 Å². The minimum atomic E-state index is -0.0657. The van der Waals surface area contributed by atoms with Crippen LogP contribution in [0.15, 0.2) is 0 Å². The Bertz CT molecular complexity index is 384. The van der Waals surface area contributed by atoms with Gasteiger partial charge in [0.2, 0.25) is 5.91 Å². The van der Waals surface area contributed by atoms with Crippen molar-refractivity contribution < 1.29 is 4.79 Å². The first-order valence-electron chi connectivity index (χ1n) is 5.48. The summed E-state index contributed by atoms with van der Waals surface area (Å²) in [5.41, 5.74) is 8.05. The Kier molecular flexibility index (Phi) is 4.06. The zero-order valence-electron chi connectivity index (χ0n) is 10.4. The average Bonchev–Trinajstić information content (AvgIpc) is 2.45. The summed E-state index contributed by atoms with van der Waals surface area (Å²) in [5, 5.41) is 7.15. The van der Waals surface area contributed by atoms with Crippen LogP contribution in [0.2, 0.25) is 0 Å². The summed E-state index contributed by atoms with van der Waals surface area (Å²) in [6.45, 7) is 6.22. The molecule has 5 heteroatoms. The molecule has 1 unspecified atom stereocenters. The van der Waals surface area contributed by atoms with E-state index in [0.717, 1.165) is 17.1 Å². The second kappa shape index (κ2) is 5.12. The molecule has 1 aromatic heterocycles. The standard InChI is InChI=1S/C11H20N4O/c1-7(5-6-12)11(16)13-10-8(2)14-15(4)9(10)3/h7H,5-6,12H2,1-4H3,(H,13,16). The number of anilines is 1. The molecule has 0 aliphatic heterocycles. The van der Waals surface area contributed by atoms with E-state index in [1.165, 1.54) is 0 Å². The van der Waals surface area contributed by atoms with Gasteiger partial charge in [-0.05, 0) is 26.8 Å². The number of nitrogens with zero attached hydrogens (tertiary/aromatic N) is 2. The first-order valence-corrected chi connectivity index (χ1v) is 5.48. The van der Waals surface area contributed by atoms with Gasteiger partial charge < -0.3 is 11.1 Å². The molecule has 1 atom stereocenters. The fourth-order valence-electron chi connectivity index (χ4n) is 1.58. The molecule has 0 aromatic carbocycles. The molecule has 0 saturated heterocycles. The maximum Gasteiger partial charge on any atom is 0.227 e. The van der Waals surface area contributed by atoms with Crippen LogP contribution in [0.5, 0.6) is 0 Å². The molecule has 1 amide bonds. The van der Waals surface area contributed by atoms with E-state index in [9.17, 15) is 4.79 Å². The Morgan fingerprint density at radius 1 is 1.56 bits per heavy atom. The highest BCUT2D eigenvalue weighted by atomic mass is 16.1. The van der Waals surface area contributed by atoms with Gasteiger partial charge in [0.25, 0.3) is 0 Å². The molecule has 5 nitrogen and oxygen atoms in total. The maximum absolute atomic E-state index is 11.8. The second-order valence-corrected chi connectivity index (χ2v) is 4.14. The zero-order valence-corrected chi connectivity index (χ0v) is 10.4. The van der Waals surface area contributed by atoms with Gasteiger partial charge in [-0.2, -0.15) is 5.10 Å². The largest absolute Gasteiger partial charge is 0.330 e. The van der Waals surface area contributed by atoms with Crippen LogP contribution < -0.4 is 11.1 Å². The Morgan fingerprint density at radius 2 is 2.19 bits per heavy atom. The molecule has 0 bridgehead atoms. The number of aryl methyl sites for hydroxylation is 2. The van der Waals surface area contributed by atoms with E-state index in [1.807, 2.05) is 27.8 Å². The molecule has 1 rings (SSSR count). The summed E-state index contributed by atoms with van der Waals surface area (Å²) >= 11 is 0. The van der Waals surface area contributed by atoms with E-state index >= 15 is 0 Å². The Morgan fingerprint density at radius 3 is 2.62 bits per heavy atom. The fourth-order valence-corrected chi connectivity index (χ4v) is 1.58. The quantitative estimate of drug-likeness (QED) is 0.800. The molecular weight excluding hydrogens is 204 g/mol. The van der Waals surface area contributed by atoms with Gasteiger partial charge in [0.05, 0.1) is 17.1 Å². The summed E-state index contributed by atoms with van der Waals surface area (Å²) in [5.74, 6) is -0.0614. The Labute approximate surface area is 96.0 Å². The van der Waals surface area contributed by atoms with E-state index in [2.05, 4.69) is 10.4 Å². The van der Waals surface area contributed by atoms with Crippen LogP contribution >= 0.6 is 0 Å². The summed E-state index contributed by atoms with van der Waals surface area (Å²) in [4.78, 5) is 11.8. The summed E-state index contributed by atoms with van der Waals surface area (Å²) < 4.78 is 1.76. The van der Waals surface area contributed by atoms with E-state index in [0.29, 0.717) is 13.0 Å². The van der Waals surface area contributed by atoms with Crippen molar-refractivity contribution in [1.29, 1.82) is 0 Å². The number of rotatable bonds is 4. The van der Waals surface area contributed by atoms with Gasteiger partial charge in [-0.25, -0.2) is 0 Å². The Hall–Kier alpha value is -1.36. The number of aromatic nitrogens is 2. The van der Waals surface area contributed by atoms with Crippen LogP contribution in [-0.4, -0.2) is 22.2 Å². The smallest absolute Gasteiger partial charge is 0.227 e. The molecule has 1 aromatic rings. The molecule has 0 saturated carbocycles. The highest BCUT2D eigenvalue weighted by Gasteiger charge is 2.16. The van der Waals surface area contributed by atoms with Crippen molar-refractivity contribution in [1.82, 2.24) is 9.78 Å². The van der Waals surface area contributed by atoms with Gasteiger partial charge in [0, 0.05) is 13.0 Å². The normalized spacial score (nSPS) is 12.6. The summed E-state index contributed by atoms with van der Waals surface area (Å²) in [7, 11) is 1.86. The topological polar surface area (TPSA) is 72.9 Å². The fraction of sp³-hybridized carbons (Fsp3) is 0.636. The van der Waals surface area contributed by atoms with Gasteiger partial charge >= 0.3 is 0 Å². The lowest BCUT2D eigenvalue weighted by molar-refractivity contribution is -0.119. The van der Waals surface area contributed by atoms with Crippen molar-refractivity contribution in [2.75, 3.05) is 11.9 Å². The van der Waals surface area contributed by atoms with E-state index in [4.69, 9.17) is 5.73 Å². The third-order valence-electron chi connectivity index (χ3n) is 2.80. The number of hydrogen-bond acceptors (Lipinski definition) is 3. The summed E-state index contributed by atoms with van der Waals surface area (Å²) in [6.07, 6.45) is 0.699. The summed E-state index contributed by atoms with van der Waals surface area (Å²) in [6, 6.07) is 0. The lowest BCUT2D eigenvalue weighted by Gasteiger charge is -2.11. The van der Waals surface area contributed by atoms with Gasteiger partial charge in [0.15, 0.2) is 0 Å². The first kappa shape index (κ1) is 12.7. The van der Waals surface area contributed by atoms with Gasteiger partial charge in [-0.1, -0.05) is 6.92 Å². The molecule has 0 aliphatic rings. The van der Waals surface area contributed by atoms with Crippen molar-refractivity contribution in [2.45, 2.75) is 27.2 Å². The van der Waals surface area contributed by atoms with Crippen LogP contribution in [0, 0.1) is 19.8 Å². The molecule has 0 radical (unpaired) electrons. The number of hydrogen-bond donors (Lipinski definition) is 2. The van der Waals surface area contributed by atoms with E-state index in [1.54, 1.807) is 4.68 Å². The zero-order chi connectivity index (χ0) is 12.3. The molecule has 90 valence electrons. The van der Waals surface area contributed by atoms with Crippen molar-refractivity contribution in [3.63, 3.8) is 0 Å². The molecular formula is C11H20N4O. The number of amides is 1. The minimum Gasteiger partial charge on any atom is -0.330 e. The monoisotopic (exact) mass is 224 g/mol. The minimum absolute atomic E-state index is 0.00431. The molecule has 0 fully saturated rings. The van der Waals surface area contributed by atoms with Gasteiger partial charge in [-0.3, -0.25) is 9.48 Å². The highest BCUT2D eigenvalue weighted by molar-refractivity contribution is 5.93. The number of carbonyl (C=O) groups excluding carboxylic acids is 1. The number of nitrogens with one attached hydrogen (secondary N) is 1. The van der Waals surface area contributed by atoms with Crippen molar-refractivity contribution in [3.05, 3.63) is 11.4 Å². The van der Waals surface area contributed by atoms with Crippen LogP contribution in [0.4, 0.5) is 5.69 Å². The van der Waals surface area contributed by atoms with Crippen LogP contribution in [0.3, 0.4) is 0 Å². The van der Waals surface area contributed by atoms with Gasteiger partial charge in [0.1, 0.15) is 0 Å². The van der Waals surface area contributed by atoms with E-state index < -0.39 is 0 Å².